The third-order valence-corrected chi connectivity index (χ3v) is 4.12. The van der Waals surface area contributed by atoms with Crippen LogP contribution < -0.4 is 5.32 Å². The molecular weight excluding hydrogens is 236 g/mol. The quantitative estimate of drug-likeness (QED) is 0.854. The van der Waals surface area contributed by atoms with E-state index in [1.54, 1.807) is 12.1 Å². The number of nitriles is 1. The van der Waals surface area contributed by atoms with E-state index in [4.69, 9.17) is 5.26 Å². The Bertz CT molecular complexity index is 441. The van der Waals surface area contributed by atoms with Crippen LogP contribution in [-0.2, 0) is 0 Å². The van der Waals surface area contributed by atoms with Crippen LogP contribution in [0.1, 0.15) is 49.8 Å². The maximum atomic E-state index is 10.1. The van der Waals surface area contributed by atoms with Crippen molar-refractivity contribution in [2.75, 3.05) is 13.1 Å². The van der Waals surface area contributed by atoms with Gasteiger partial charge in [0, 0.05) is 13.1 Å². The van der Waals surface area contributed by atoms with Crippen molar-refractivity contribution in [3.8, 4) is 6.07 Å². The van der Waals surface area contributed by atoms with E-state index < -0.39 is 6.10 Å². The van der Waals surface area contributed by atoms with Gasteiger partial charge in [-0.2, -0.15) is 5.26 Å². The van der Waals surface area contributed by atoms with Crippen molar-refractivity contribution in [3.05, 3.63) is 35.4 Å². The van der Waals surface area contributed by atoms with Gasteiger partial charge < -0.3 is 10.4 Å². The van der Waals surface area contributed by atoms with Crippen LogP contribution in [0.4, 0.5) is 0 Å². The normalized spacial score (nSPS) is 19.0. The van der Waals surface area contributed by atoms with Gasteiger partial charge in [-0.05, 0) is 36.0 Å². The first kappa shape index (κ1) is 14.0. The van der Waals surface area contributed by atoms with E-state index in [0.717, 1.165) is 12.1 Å². The van der Waals surface area contributed by atoms with Crippen molar-refractivity contribution in [2.24, 2.45) is 5.41 Å². The highest BCUT2D eigenvalue weighted by Gasteiger charge is 2.28. The summed E-state index contributed by atoms with van der Waals surface area (Å²) in [7, 11) is 0. The maximum Gasteiger partial charge on any atom is 0.0991 e. The number of hydrogen-bond acceptors (Lipinski definition) is 3. The lowest BCUT2D eigenvalue weighted by Crippen LogP contribution is -2.32. The molecule has 1 fully saturated rings. The van der Waals surface area contributed by atoms with Gasteiger partial charge >= 0.3 is 0 Å². The van der Waals surface area contributed by atoms with Gasteiger partial charge in [-0.25, -0.2) is 0 Å². The average molecular weight is 258 g/mol. The minimum Gasteiger partial charge on any atom is -0.387 e. The fourth-order valence-corrected chi connectivity index (χ4v) is 2.81. The summed E-state index contributed by atoms with van der Waals surface area (Å²) < 4.78 is 0. The largest absolute Gasteiger partial charge is 0.387 e. The number of hydrogen-bond donors (Lipinski definition) is 2. The Balaban J connectivity index is 1.80. The highest BCUT2D eigenvalue weighted by Crippen LogP contribution is 2.36. The molecule has 1 aromatic rings. The predicted molar refractivity (Wildman–Crippen MR) is 75.6 cm³/mol. The molecule has 1 aliphatic rings. The molecule has 0 heterocycles. The fraction of sp³-hybridized carbons (Fsp3) is 0.562. The molecule has 3 heteroatoms. The zero-order chi connectivity index (χ0) is 13.7. The second-order valence-electron chi connectivity index (χ2n) is 5.90. The van der Waals surface area contributed by atoms with Crippen molar-refractivity contribution < 1.29 is 5.11 Å². The summed E-state index contributed by atoms with van der Waals surface area (Å²) in [4.78, 5) is 0. The molecule has 1 saturated carbocycles. The molecule has 0 aromatic heterocycles. The number of nitrogens with one attached hydrogen (secondary N) is 1. The number of nitrogens with zero attached hydrogens (tertiary/aromatic N) is 1. The highest BCUT2D eigenvalue weighted by molar-refractivity contribution is 5.32. The predicted octanol–water partition coefficient (Wildman–Crippen LogP) is 2.76. The Labute approximate surface area is 115 Å². The topological polar surface area (TPSA) is 56.0 Å². The van der Waals surface area contributed by atoms with E-state index in [0.29, 0.717) is 17.5 Å². The molecule has 1 aromatic carbocycles. The van der Waals surface area contributed by atoms with Crippen LogP contribution in [0.5, 0.6) is 0 Å². The highest BCUT2D eigenvalue weighted by atomic mass is 16.3. The van der Waals surface area contributed by atoms with E-state index in [1.165, 1.54) is 25.7 Å². The monoisotopic (exact) mass is 258 g/mol. The third-order valence-electron chi connectivity index (χ3n) is 4.12. The molecule has 1 unspecified atom stereocenters. The summed E-state index contributed by atoms with van der Waals surface area (Å²) >= 11 is 0. The van der Waals surface area contributed by atoms with Gasteiger partial charge in [0.05, 0.1) is 17.7 Å². The lowest BCUT2D eigenvalue weighted by atomic mass is 9.89. The first-order valence-corrected chi connectivity index (χ1v) is 7.02. The minimum absolute atomic E-state index is 0.407. The molecule has 19 heavy (non-hydrogen) atoms. The summed E-state index contributed by atoms with van der Waals surface area (Å²) in [6.07, 6.45) is 4.73. The van der Waals surface area contributed by atoms with Gasteiger partial charge in [0.25, 0.3) is 0 Å². The van der Waals surface area contributed by atoms with Crippen LogP contribution in [0, 0.1) is 16.7 Å². The molecular formula is C16H22N2O. The van der Waals surface area contributed by atoms with Crippen molar-refractivity contribution >= 4 is 0 Å². The lowest BCUT2D eigenvalue weighted by molar-refractivity contribution is 0.167. The molecule has 0 spiro atoms. The number of rotatable bonds is 5. The minimum atomic E-state index is -0.502. The van der Waals surface area contributed by atoms with Gasteiger partial charge in [-0.1, -0.05) is 31.9 Å². The Kier molecular flexibility index (Phi) is 4.57. The summed E-state index contributed by atoms with van der Waals surface area (Å²) in [6.45, 7) is 3.86. The van der Waals surface area contributed by atoms with Gasteiger partial charge in [-0.15, -0.1) is 0 Å². The standard InChI is InChI=1S/C16H22N2O/c1-16(8-2-3-9-16)12-18-11-15(19)14-6-4-13(10-17)5-7-14/h4-7,15,18-19H,2-3,8-9,11-12H2,1H3. The molecule has 1 aliphatic carbocycles. The number of aliphatic hydroxyl groups is 1. The summed E-state index contributed by atoms with van der Waals surface area (Å²) in [5, 5.41) is 22.2. The van der Waals surface area contributed by atoms with Gasteiger partial charge in [0.15, 0.2) is 0 Å². The van der Waals surface area contributed by atoms with Crippen LogP contribution in [0.25, 0.3) is 0 Å². The van der Waals surface area contributed by atoms with Gasteiger partial charge in [0.1, 0.15) is 0 Å². The van der Waals surface area contributed by atoms with Crippen LogP contribution >= 0.6 is 0 Å². The fourth-order valence-electron chi connectivity index (χ4n) is 2.81. The summed E-state index contributed by atoms with van der Waals surface area (Å²) in [5.74, 6) is 0. The molecule has 0 aliphatic heterocycles. The Morgan fingerprint density at radius 3 is 2.53 bits per heavy atom. The number of benzene rings is 1. The van der Waals surface area contributed by atoms with Crippen molar-refractivity contribution in [3.63, 3.8) is 0 Å². The zero-order valence-corrected chi connectivity index (χ0v) is 11.5. The van der Waals surface area contributed by atoms with Crippen LogP contribution in [0.15, 0.2) is 24.3 Å². The van der Waals surface area contributed by atoms with Crippen LogP contribution in [0.2, 0.25) is 0 Å². The maximum absolute atomic E-state index is 10.1. The zero-order valence-electron chi connectivity index (χ0n) is 11.5. The molecule has 0 radical (unpaired) electrons. The molecule has 2 N–H and O–H groups in total. The van der Waals surface area contributed by atoms with Crippen molar-refractivity contribution in [2.45, 2.75) is 38.7 Å². The summed E-state index contributed by atoms with van der Waals surface area (Å²) in [5.41, 5.74) is 1.90. The van der Waals surface area contributed by atoms with Crippen LogP contribution in [0.3, 0.4) is 0 Å². The molecule has 0 saturated heterocycles. The smallest absolute Gasteiger partial charge is 0.0991 e. The SMILES string of the molecule is CC1(CNCC(O)c2ccc(C#N)cc2)CCCC1. The Hall–Kier alpha value is -1.37. The molecule has 3 nitrogen and oxygen atoms in total. The first-order valence-electron chi connectivity index (χ1n) is 7.02. The Morgan fingerprint density at radius 1 is 1.32 bits per heavy atom. The third kappa shape index (κ3) is 3.79. The second-order valence-corrected chi connectivity index (χ2v) is 5.90. The van der Waals surface area contributed by atoms with E-state index in [2.05, 4.69) is 18.3 Å². The second kappa shape index (κ2) is 6.18. The molecule has 2 rings (SSSR count). The van der Waals surface area contributed by atoms with Gasteiger partial charge in [0.2, 0.25) is 0 Å². The van der Waals surface area contributed by atoms with E-state index in [9.17, 15) is 5.11 Å². The van der Waals surface area contributed by atoms with Crippen molar-refractivity contribution in [1.82, 2.24) is 5.32 Å². The van der Waals surface area contributed by atoms with E-state index in [1.807, 2.05) is 12.1 Å². The van der Waals surface area contributed by atoms with Crippen LogP contribution in [-0.4, -0.2) is 18.2 Å². The molecule has 0 bridgehead atoms. The first-order chi connectivity index (χ1) is 9.13. The average Bonchev–Trinajstić information content (AvgIpc) is 2.86. The summed E-state index contributed by atoms with van der Waals surface area (Å²) in [6, 6.07) is 9.22. The molecule has 0 amide bonds. The van der Waals surface area contributed by atoms with E-state index >= 15 is 0 Å². The number of aliphatic hydroxyl groups excluding tert-OH is 1. The van der Waals surface area contributed by atoms with E-state index in [-0.39, 0.29) is 0 Å². The molecule has 102 valence electrons. The van der Waals surface area contributed by atoms with Gasteiger partial charge in [-0.3, -0.25) is 0 Å². The Morgan fingerprint density at radius 2 is 1.95 bits per heavy atom. The lowest BCUT2D eigenvalue weighted by Gasteiger charge is -2.24. The van der Waals surface area contributed by atoms with Crippen molar-refractivity contribution in [1.29, 1.82) is 5.26 Å². The molecule has 1 atom stereocenters.